The highest BCUT2D eigenvalue weighted by atomic mass is 32.1. The first-order chi connectivity index (χ1) is 8.70. The van der Waals surface area contributed by atoms with Crippen molar-refractivity contribution >= 4 is 22.5 Å². The van der Waals surface area contributed by atoms with Crippen molar-refractivity contribution in [1.29, 1.82) is 0 Å². The third kappa shape index (κ3) is 5.12. The van der Waals surface area contributed by atoms with E-state index in [1.54, 1.807) is 14.0 Å². The minimum atomic E-state index is -0.413. The van der Waals surface area contributed by atoms with Crippen molar-refractivity contribution < 1.29 is 9.90 Å². The zero-order valence-electron chi connectivity index (χ0n) is 12.1. The summed E-state index contributed by atoms with van der Waals surface area (Å²) >= 11 is 1.38. The molecule has 0 spiro atoms. The molecule has 2 N–H and O–H groups in total. The number of urea groups is 1. The minimum Gasteiger partial charge on any atom is -0.393 e. The van der Waals surface area contributed by atoms with Gasteiger partial charge in [-0.3, -0.25) is 5.32 Å². The van der Waals surface area contributed by atoms with E-state index in [9.17, 15) is 9.90 Å². The zero-order chi connectivity index (χ0) is 14.6. The van der Waals surface area contributed by atoms with Gasteiger partial charge in [0.15, 0.2) is 0 Å². The Morgan fingerprint density at radius 1 is 1.47 bits per heavy atom. The molecule has 0 aliphatic rings. The molecular weight excluding hydrogens is 264 g/mol. The van der Waals surface area contributed by atoms with Crippen LogP contribution in [0.2, 0.25) is 0 Å². The van der Waals surface area contributed by atoms with Crippen molar-refractivity contribution in [1.82, 2.24) is 15.1 Å². The van der Waals surface area contributed by atoms with E-state index >= 15 is 0 Å². The number of carbonyl (C=O) groups is 1. The Morgan fingerprint density at radius 2 is 2.11 bits per heavy atom. The van der Waals surface area contributed by atoms with E-state index in [2.05, 4.69) is 15.5 Å². The molecule has 0 aliphatic heterocycles. The highest BCUT2D eigenvalue weighted by Crippen LogP contribution is 2.27. The molecular formula is C12H22N4O2S. The molecule has 0 aliphatic carbocycles. The molecule has 0 aromatic carbocycles. The summed E-state index contributed by atoms with van der Waals surface area (Å²) in [6.45, 7) is 8.34. The summed E-state index contributed by atoms with van der Waals surface area (Å²) < 4.78 is 0. The van der Waals surface area contributed by atoms with Crippen molar-refractivity contribution in [3.05, 3.63) is 5.01 Å². The fourth-order valence-corrected chi connectivity index (χ4v) is 2.04. The molecule has 1 unspecified atom stereocenters. The lowest BCUT2D eigenvalue weighted by atomic mass is 9.98. The lowest BCUT2D eigenvalue weighted by Crippen LogP contribution is -2.33. The molecule has 108 valence electrons. The molecule has 1 rings (SSSR count). The van der Waals surface area contributed by atoms with Crippen LogP contribution in [-0.2, 0) is 5.41 Å². The minimum absolute atomic E-state index is 0.0706. The zero-order valence-corrected chi connectivity index (χ0v) is 12.9. The van der Waals surface area contributed by atoms with Gasteiger partial charge in [-0.2, -0.15) is 0 Å². The van der Waals surface area contributed by atoms with E-state index in [1.807, 2.05) is 20.8 Å². The van der Waals surface area contributed by atoms with Crippen LogP contribution in [0, 0.1) is 0 Å². The normalized spacial score (nSPS) is 13.2. The lowest BCUT2D eigenvalue weighted by molar-refractivity contribution is 0.167. The van der Waals surface area contributed by atoms with Crippen LogP contribution in [0.4, 0.5) is 9.93 Å². The molecule has 19 heavy (non-hydrogen) atoms. The van der Waals surface area contributed by atoms with E-state index in [-0.39, 0.29) is 11.4 Å². The molecule has 1 heterocycles. The molecule has 0 radical (unpaired) electrons. The molecule has 2 amide bonds. The van der Waals surface area contributed by atoms with E-state index in [1.165, 1.54) is 16.2 Å². The Balaban J connectivity index is 2.55. The maximum Gasteiger partial charge on any atom is 0.323 e. The van der Waals surface area contributed by atoms with Crippen molar-refractivity contribution in [3.8, 4) is 0 Å². The van der Waals surface area contributed by atoms with E-state index < -0.39 is 6.10 Å². The second kappa shape index (κ2) is 6.29. The van der Waals surface area contributed by atoms with Crippen LogP contribution < -0.4 is 5.32 Å². The summed E-state index contributed by atoms with van der Waals surface area (Å²) in [7, 11) is 1.68. The van der Waals surface area contributed by atoms with Crippen molar-refractivity contribution in [3.63, 3.8) is 0 Å². The van der Waals surface area contributed by atoms with Gasteiger partial charge in [0.2, 0.25) is 5.13 Å². The first-order valence-corrected chi connectivity index (χ1v) is 7.06. The molecule has 7 heteroatoms. The van der Waals surface area contributed by atoms with Crippen LogP contribution >= 0.6 is 11.3 Å². The average Bonchev–Trinajstić information content (AvgIpc) is 2.73. The lowest BCUT2D eigenvalue weighted by Gasteiger charge is -2.17. The Hall–Kier alpha value is -1.21. The average molecular weight is 286 g/mol. The summed E-state index contributed by atoms with van der Waals surface area (Å²) in [4.78, 5) is 13.4. The maximum absolute atomic E-state index is 11.9. The maximum atomic E-state index is 11.9. The number of aliphatic hydroxyl groups is 1. The number of nitrogens with zero attached hydrogens (tertiary/aromatic N) is 3. The van der Waals surface area contributed by atoms with Gasteiger partial charge in [0.05, 0.1) is 6.10 Å². The predicted molar refractivity (Wildman–Crippen MR) is 76.6 cm³/mol. The molecule has 0 bridgehead atoms. The second-order valence-corrected chi connectivity index (χ2v) is 6.63. The fraction of sp³-hybridized carbons (Fsp3) is 0.750. The van der Waals surface area contributed by atoms with Crippen LogP contribution in [0.15, 0.2) is 0 Å². The fourth-order valence-electron chi connectivity index (χ4n) is 1.25. The third-order valence-corrected chi connectivity index (χ3v) is 3.77. The van der Waals surface area contributed by atoms with Crippen LogP contribution in [-0.4, -0.2) is 45.9 Å². The van der Waals surface area contributed by atoms with Gasteiger partial charge in [0.1, 0.15) is 5.01 Å². The Morgan fingerprint density at radius 3 is 2.58 bits per heavy atom. The second-order valence-electron chi connectivity index (χ2n) is 5.65. The number of rotatable bonds is 4. The standard InChI is InChI=1S/C12H22N4O2S/c1-8(17)6-7-16(5)11(18)13-10-15-14-9(19-10)12(2,3)4/h8,17H,6-7H2,1-5H3,(H,13,15,18). The largest absolute Gasteiger partial charge is 0.393 e. The topological polar surface area (TPSA) is 78.4 Å². The van der Waals surface area contributed by atoms with E-state index in [0.717, 1.165) is 5.01 Å². The number of aliphatic hydroxyl groups excluding tert-OH is 1. The number of carbonyl (C=O) groups excluding carboxylic acids is 1. The predicted octanol–water partition coefficient (Wildman–Crippen LogP) is 2.07. The number of nitrogens with one attached hydrogen (secondary N) is 1. The van der Waals surface area contributed by atoms with Gasteiger partial charge >= 0.3 is 6.03 Å². The molecule has 6 nitrogen and oxygen atoms in total. The Kier molecular flexibility index (Phi) is 5.25. The third-order valence-electron chi connectivity index (χ3n) is 2.51. The number of hydrogen-bond acceptors (Lipinski definition) is 5. The van der Waals surface area contributed by atoms with Gasteiger partial charge in [-0.25, -0.2) is 4.79 Å². The monoisotopic (exact) mass is 286 g/mol. The van der Waals surface area contributed by atoms with Gasteiger partial charge in [-0.05, 0) is 13.3 Å². The van der Waals surface area contributed by atoms with Crippen molar-refractivity contribution in [2.24, 2.45) is 0 Å². The molecule has 1 atom stereocenters. The summed E-state index contributed by atoms with van der Waals surface area (Å²) in [6.07, 6.45) is 0.136. The van der Waals surface area contributed by atoms with Gasteiger partial charge in [0, 0.05) is 19.0 Å². The van der Waals surface area contributed by atoms with E-state index in [4.69, 9.17) is 0 Å². The summed E-state index contributed by atoms with van der Waals surface area (Å²) in [6, 6.07) is -0.239. The highest BCUT2D eigenvalue weighted by Gasteiger charge is 2.20. The van der Waals surface area contributed by atoms with Crippen molar-refractivity contribution in [2.75, 3.05) is 18.9 Å². The first-order valence-electron chi connectivity index (χ1n) is 6.24. The van der Waals surface area contributed by atoms with Gasteiger partial charge < -0.3 is 10.0 Å². The number of anilines is 1. The number of hydrogen-bond donors (Lipinski definition) is 2. The molecule has 1 aromatic heterocycles. The quantitative estimate of drug-likeness (QED) is 0.888. The Labute approximate surface area is 117 Å². The van der Waals surface area contributed by atoms with Gasteiger partial charge in [-0.1, -0.05) is 32.1 Å². The highest BCUT2D eigenvalue weighted by molar-refractivity contribution is 7.15. The smallest absolute Gasteiger partial charge is 0.323 e. The van der Waals surface area contributed by atoms with Crippen LogP contribution in [0.3, 0.4) is 0 Å². The van der Waals surface area contributed by atoms with Crippen molar-refractivity contribution in [2.45, 2.75) is 45.6 Å². The van der Waals surface area contributed by atoms with Crippen LogP contribution in [0.25, 0.3) is 0 Å². The summed E-state index contributed by atoms with van der Waals surface area (Å²) in [5.41, 5.74) is -0.0706. The number of amides is 2. The molecule has 1 aromatic rings. The van der Waals surface area contributed by atoms with Crippen LogP contribution in [0.1, 0.15) is 39.1 Å². The number of aromatic nitrogens is 2. The molecule has 0 saturated heterocycles. The molecule has 0 fully saturated rings. The summed E-state index contributed by atoms with van der Waals surface area (Å²) in [5, 5.41) is 21.3. The van der Waals surface area contributed by atoms with Gasteiger partial charge in [0.25, 0.3) is 0 Å². The Bertz CT molecular complexity index is 426. The van der Waals surface area contributed by atoms with Gasteiger partial charge in [-0.15, -0.1) is 10.2 Å². The summed E-state index contributed by atoms with van der Waals surface area (Å²) in [5.74, 6) is 0. The van der Waals surface area contributed by atoms with E-state index in [0.29, 0.717) is 18.1 Å². The molecule has 0 saturated carbocycles. The van der Waals surface area contributed by atoms with Crippen LogP contribution in [0.5, 0.6) is 0 Å². The SMILES string of the molecule is CC(O)CCN(C)C(=O)Nc1nnc(C(C)(C)C)s1. The first kappa shape index (κ1) is 15.8.